The van der Waals surface area contributed by atoms with Gasteiger partial charge in [0, 0.05) is 44.2 Å². The van der Waals surface area contributed by atoms with E-state index < -0.39 is 24.5 Å². The molecule has 2 amide bonds. The first-order valence-corrected chi connectivity index (χ1v) is 18.9. The highest BCUT2D eigenvalue weighted by Crippen LogP contribution is 2.39. The first kappa shape index (κ1) is 37.3. The second-order valence-electron chi connectivity index (χ2n) is 14.2. The Kier molecular flexibility index (Phi) is 10.8. The zero-order valence-corrected chi connectivity index (χ0v) is 31.4. The summed E-state index contributed by atoms with van der Waals surface area (Å²) in [5, 5.41) is 47.8. The van der Waals surface area contributed by atoms with Gasteiger partial charge in [-0.2, -0.15) is 14.8 Å². The number of amides is 2. The molecule has 0 radical (unpaired) electrons. The monoisotopic (exact) mass is 769 g/mol. The number of nitrogens with zero attached hydrogens (tertiary/aromatic N) is 9. The van der Waals surface area contributed by atoms with Crippen LogP contribution in [0.15, 0.2) is 54.9 Å². The van der Waals surface area contributed by atoms with E-state index in [4.69, 9.17) is 29.2 Å². The summed E-state index contributed by atoms with van der Waals surface area (Å²) in [5.41, 5.74) is 2.93. The lowest BCUT2D eigenvalue weighted by Gasteiger charge is -2.22. The molecule has 3 saturated heterocycles. The second-order valence-corrected chi connectivity index (χ2v) is 14.2. The fourth-order valence-corrected chi connectivity index (χ4v) is 7.51. The third kappa shape index (κ3) is 7.62. The number of tetrazole rings is 1. The molecule has 6 atom stereocenters. The van der Waals surface area contributed by atoms with Crippen molar-refractivity contribution in [3.8, 4) is 11.5 Å². The van der Waals surface area contributed by atoms with Gasteiger partial charge in [0.2, 0.25) is 11.8 Å². The number of methoxy groups -OCH3 is 2. The number of urea groups is 1. The minimum atomic E-state index is -1.36. The smallest absolute Gasteiger partial charge is 0.315 e. The maximum atomic E-state index is 12.8. The van der Waals surface area contributed by atoms with Crippen molar-refractivity contribution in [1.29, 1.82) is 0 Å². The molecular weight excluding hydrogens is 722 g/mol. The van der Waals surface area contributed by atoms with Gasteiger partial charge in [-0.25, -0.2) is 9.78 Å². The molecule has 3 aliphatic rings. The van der Waals surface area contributed by atoms with Crippen molar-refractivity contribution in [2.24, 2.45) is 0 Å². The van der Waals surface area contributed by atoms with Crippen molar-refractivity contribution < 1.29 is 29.2 Å². The maximum Gasteiger partial charge on any atom is 0.315 e. The molecule has 6 N–H and O–H groups in total. The summed E-state index contributed by atoms with van der Waals surface area (Å²) in [6.07, 6.45) is -1.68. The van der Waals surface area contributed by atoms with Crippen molar-refractivity contribution in [3.05, 3.63) is 71.8 Å². The van der Waals surface area contributed by atoms with Crippen LogP contribution in [0.3, 0.4) is 0 Å². The van der Waals surface area contributed by atoms with Crippen LogP contribution in [0.1, 0.15) is 55.0 Å². The van der Waals surface area contributed by atoms with Crippen LogP contribution in [0.4, 0.5) is 16.6 Å². The van der Waals surface area contributed by atoms with Gasteiger partial charge in [-0.1, -0.05) is 24.3 Å². The number of aryl methyl sites for hydroxylation is 1. The van der Waals surface area contributed by atoms with Crippen molar-refractivity contribution in [1.82, 2.24) is 55.7 Å². The van der Waals surface area contributed by atoms with Crippen LogP contribution < -0.4 is 35.6 Å². The number of hydrogen-bond donors (Lipinski definition) is 6. The average molecular weight is 770 g/mol. The van der Waals surface area contributed by atoms with E-state index in [1.54, 1.807) is 18.8 Å². The van der Waals surface area contributed by atoms with Crippen molar-refractivity contribution in [2.45, 2.75) is 68.9 Å². The van der Waals surface area contributed by atoms with Crippen LogP contribution >= 0.6 is 0 Å². The number of imidazole rings is 1. The van der Waals surface area contributed by atoms with Crippen LogP contribution in [-0.4, -0.2) is 127 Å². The number of anilines is 2. The molecule has 3 aliphatic heterocycles. The molecule has 0 bridgehead atoms. The molecule has 2 aromatic carbocycles. The van der Waals surface area contributed by atoms with Crippen molar-refractivity contribution in [2.75, 3.05) is 57.2 Å². The van der Waals surface area contributed by atoms with E-state index in [0.717, 1.165) is 42.1 Å². The Hall–Kier alpha value is -5.63. The average Bonchev–Trinajstić information content (AvgIpc) is 4.08. The molecule has 3 aromatic heterocycles. The Morgan fingerprint density at radius 3 is 2.34 bits per heavy atom. The zero-order chi connectivity index (χ0) is 38.8. The maximum absolute atomic E-state index is 12.8. The second kappa shape index (κ2) is 16.2. The molecule has 6 heterocycles. The van der Waals surface area contributed by atoms with Gasteiger partial charge < -0.3 is 50.6 Å². The fourth-order valence-electron chi connectivity index (χ4n) is 7.51. The molecular formula is C37H47N13O6. The van der Waals surface area contributed by atoms with E-state index in [2.05, 4.69) is 36.7 Å². The highest BCUT2D eigenvalue weighted by atomic mass is 16.6. The highest BCUT2D eigenvalue weighted by Gasteiger charge is 2.47. The number of hydrogen-bond acceptors (Lipinski definition) is 15. The minimum Gasteiger partial charge on any atom is -0.497 e. The molecule has 19 nitrogen and oxygen atoms in total. The summed E-state index contributed by atoms with van der Waals surface area (Å²) < 4.78 is 18.7. The van der Waals surface area contributed by atoms with Gasteiger partial charge in [-0.15, -0.1) is 10.2 Å². The van der Waals surface area contributed by atoms with Gasteiger partial charge in [-0.3, -0.25) is 4.57 Å². The molecule has 296 valence electrons. The lowest BCUT2D eigenvalue weighted by Crippen LogP contribution is -2.47. The molecule has 3 fully saturated rings. The number of carbonyl (C=O) groups excluding carboxylic acids is 1. The van der Waals surface area contributed by atoms with Crippen LogP contribution in [0, 0.1) is 0 Å². The van der Waals surface area contributed by atoms with Crippen LogP contribution in [0.2, 0.25) is 0 Å². The number of benzene rings is 2. The number of aliphatic hydroxyl groups is 2. The van der Waals surface area contributed by atoms with Gasteiger partial charge in [0.15, 0.2) is 29.3 Å². The van der Waals surface area contributed by atoms with E-state index >= 15 is 0 Å². The largest absolute Gasteiger partial charge is 0.497 e. The van der Waals surface area contributed by atoms with E-state index in [1.165, 1.54) is 11.1 Å². The summed E-state index contributed by atoms with van der Waals surface area (Å²) in [6.45, 7) is 5.50. The van der Waals surface area contributed by atoms with Crippen LogP contribution in [0.5, 0.6) is 11.5 Å². The first-order valence-electron chi connectivity index (χ1n) is 18.9. The van der Waals surface area contributed by atoms with Gasteiger partial charge in [0.25, 0.3) is 0 Å². The topological polar surface area (TPSA) is 224 Å². The normalized spacial score (nSPS) is 23.6. The lowest BCUT2D eigenvalue weighted by atomic mass is 9.91. The molecule has 0 saturated carbocycles. The predicted octanol–water partition coefficient (Wildman–Crippen LogP) is 1.33. The lowest BCUT2D eigenvalue weighted by molar-refractivity contribution is -0.0384. The van der Waals surface area contributed by atoms with Gasteiger partial charge in [0.05, 0.1) is 27.1 Å². The summed E-state index contributed by atoms with van der Waals surface area (Å²) in [4.78, 5) is 30.9. The van der Waals surface area contributed by atoms with Crippen molar-refractivity contribution in [3.63, 3.8) is 0 Å². The number of ether oxygens (including phenoxy) is 3. The number of rotatable bonds is 13. The molecule has 0 unspecified atom stereocenters. The Bertz CT molecular complexity index is 2060. The Morgan fingerprint density at radius 2 is 1.70 bits per heavy atom. The SMILES string of the molecule is CCn1nnc([C@H]2O[C@@H](n3cnc4c(NCC(c5ccc(OC)cc5)c5ccc(OC)cc5)nc(N5CC[C@@H](NC(=O)N[C@@H]6CCNC6)C5)nc43)[C@H](O)[C@@H]2O)n1. The third-order valence-corrected chi connectivity index (χ3v) is 10.6. The van der Waals surface area contributed by atoms with Crippen LogP contribution in [0.25, 0.3) is 11.2 Å². The molecule has 56 heavy (non-hydrogen) atoms. The number of aromatic nitrogens is 8. The van der Waals surface area contributed by atoms with Crippen LogP contribution in [-0.2, 0) is 11.3 Å². The zero-order valence-electron chi connectivity index (χ0n) is 31.4. The summed E-state index contributed by atoms with van der Waals surface area (Å²) >= 11 is 0. The molecule has 0 spiro atoms. The van der Waals surface area contributed by atoms with E-state index in [1.807, 2.05) is 60.4 Å². The van der Waals surface area contributed by atoms with E-state index in [0.29, 0.717) is 55.5 Å². The molecule has 5 aromatic rings. The fraction of sp³-hybridized carbons (Fsp3) is 0.486. The van der Waals surface area contributed by atoms with Crippen molar-refractivity contribution >= 4 is 29.0 Å². The number of carbonyl (C=O) groups is 1. The minimum absolute atomic E-state index is 0.104. The number of nitrogens with one attached hydrogen (secondary N) is 4. The molecule has 0 aliphatic carbocycles. The Balaban J connectivity index is 1.11. The predicted molar refractivity (Wildman–Crippen MR) is 204 cm³/mol. The molecule has 19 heteroatoms. The molecule has 8 rings (SSSR count). The summed E-state index contributed by atoms with van der Waals surface area (Å²) in [6, 6.07) is 15.7. The first-order chi connectivity index (χ1) is 27.3. The van der Waals surface area contributed by atoms with Gasteiger partial charge in [-0.05, 0) is 66.9 Å². The summed E-state index contributed by atoms with van der Waals surface area (Å²) in [7, 11) is 3.28. The Morgan fingerprint density at radius 1 is 0.982 bits per heavy atom. The quantitative estimate of drug-likeness (QED) is 0.0994. The number of aliphatic hydroxyl groups excluding tert-OH is 2. The van der Waals surface area contributed by atoms with E-state index in [-0.39, 0.29) is 29.9 Å². The summed E-state index contributed by atoms with van der Waals surface area (Å²) in [5.74, 6) is 2.43. The number of fused-ring (bicyclic) bond motifs is 1. The Labute approximate surface area is 322 Å². The standard InChI is InChI=1S/C37H47N13O6/c1-4-50-46-33(45-47-50)31-29(51)30(52)35(56-31)49-20-40-28-32(39-18-27(21-5-9-25(54-2)10-6-21)22-7-11-26(55-3)12-8-22)43-36(44-34(28)49)48-16-14-24(19-48)42-37(53)41-23-13-15-38-17-23/h5-12,20,23-24,27,29-31,35,38,51-52H,4,13-19H2,1-3H3,(H,39,43,44)(H2,41,42,53)/t23-,24-,29+,30-,31+,35-/m1/s1. The third-order valence-electron chi connectivity index (χ3n) is 10.6. The highest BCUT2D eigenvalue weighted by molar-refractivity contribution is 5.84. The van der Waals surface area contributed by atoms with Gasteiger partial charge in [0.1, 0.15) is 23.7 Å². The van der Waals surface area contributed by atoms with E-state index in [9.17, 15) is 15.0 Å². The van der Waals surface area contributed by atoms with Gasteiger partial charge >= 0.3 is 6.03 Å².